The summed E-state index contributed by atoms with van der Waals surface area (Å²) in [6, 6.07) is 4.01. The van der Waals surface area contributed by atoms with Gasteiger partial charge in [0.05, 0.1) is 12.6 Å². The molecule has 5 heteroatoms. The van der Waals surface area contributed by atoms with Gasteiger partial charge in [-0.25, -0.2) is 0 Å². The van der Waals surface area contributed by atoms with E-state index in [0.717, 1.165) is 23.2 Å². The normalized spacial score (nSPS) is 23.4. The molecule has 0 heterocycles. The van der Waals surface area contributed by atoms with Crippen LogP contribution in [0, 0.1) is 32.6 Å². The van der Waals surface area contributed by atoms with Gasteiger partial charge < -0.3 is 10.6 Å². The van der Waals surface area contributed by atoms with E-state index in [9.17, 15) is 9.59 Å². The number of benzene rings is 1. The molecule has 2 N–H and O–H groups in total. The van der Waals surface area contributed by atoms with Gasteiger partial charge in [0.1, 0.15) is 0 Å². The van der Waals surface area contributed by atoms with Gasteiger partial charge in [0.25, 0.3) is 0 Å². The maximum Gasteiger partial charge on any atom is 0.238 e. The molecule has 1 aromatic rings. The van der Waals surface area contributed by atoms with Gasteiger partial charge in [-0.1, -0.05) is 44.4 Å². The van der Waals surface area contributed by atoms with Crippen molar-refractivity contribution in [2.75, 3.05) is 18.9 Å². The number of nitrogens with one attached hydrogen (secondary N) is 2. The van der Waals surface area contributed by atoms with E-state index in [4.69, 9.17) is 0 Å². The summed E-state index contributed by atoms with van der Waals surface area (Å²) in [6.07, 6.45) is 3.44. The molecular formula is C23H37N3O2. The molecule has 1 aliphatic rings. The SMILES string of the molecule is Cc1cc(C)c(NC(=O)CN(C)[C@H](C)C(=O)N[C@@H]2CCC[C@H](C)[C@@H]2C)c(C)c1. The summed E-state index contributed by atoms with van der Waals surface area (Å²) in [5.41, 5.74) is 4.16. The zero-order valence-corrected chi connectivity index (χ0v) is 18.6. The zero-order chi connectivity index (χ0) is 21.0. The number of aryl methyl sites for hydroxylation is 3. The summed E-state index contributed by atoms with van der Waals surface area (Å²) in [6.45, 7) is 12.6. The summed E-state index contributed by atoms with van der Waals surface area (Å²) >= 11 is 0. The highest BCUT2D eigenvalue weighted by Gasteiger charge is 2.30. The topological polar surface area (TPSA) is 61.4 Å². The number of nitrogens with zero attached hydrogens (tertiary/aromatic N) is 1. The monoisotopic (exact) mass is 387 g/mol. The molecule has 0 aromatic heterocycles. The average Bonchev–Trinajstić information content (AvgIpc) is 2.61. The number of rotatable bonds is 6. The third-order valence-corrected chi connectivity index (χ3v) is 6.41. The largest absolute Gasteiger partial charge is 0.352 e. The van der Waals surface area contributed by atoms with E-state index in [1.54, 1.807) is 4.90 Å². The number of amides is 2. The van der Waals surface area contributed by atoms with Crippen molar-refractivity contribution < 1.29 is 9.59 Å². The van der Waals surface area contributed by atoms with E-state index < -0.39 is 0 Å². The van der Waals surface area contributed by atoms with Crippen molar-refractivity contribution in [2.24, 2.45) is 11.8 Å². The van der Waals surface area contributed by atoms with Gasteiger partial charge in [-0.3, -0.25) is 14.5 Å². The van der Waals surface area contributed by atoms with Gasteiger partial charge in [0, 0.05) is 11.7 Å². The Labute approximate surface area is 170 Å². The minimum atomic E-state index is -0.351. The first-order chi connectivity index (χ1) is 13.1. The van der Waals surface area contributed by atoms with Crippen molar-refractivity contribution in [3.8, 4) is 0 Å². The highest BCUT2D eigenvalue weighted by atomic mass is 16.2. The summed E-state index contributed by atoms with van der Waals surface area (Å²) in [5, 5.41) is 6.23. The smallest absolute Gasteiger partial charge is 0.238 e. The van der Waals surface area contributed by atoms with Crippen molar-refractivity contribution in [1.29, 1.82) is 0 Å². The molecule has 28 heavy (non-hydrogen) atoms. The highest BCUT2D eigenvalue weighted by molar-refractivity contribution is 5.94. The summed E-state index contributed by atoms with van der Waals surface area (Å²) in [5.74, 6) is 1.03. The lowest BCUT2D eigenvalue weighted by Crippen LogP contribution is -2.51. The predicted octanol–water partition coefficient (Wildman–Crippen LogP) is 3.81. The van der Waals surface area contributed by atoms with Gasteiger partial charge in [-0.15, -0.1) is 0 Å². The number of likely N-dealkylation sites (N-methyl/N-ethyl adjacent to an activating group) is 1. The Morgan fingerprint density at radius 2 is 1.75 bits per heavy atom. The third-order valence-electron chi connectivity index (χ3n) is 6.41. The van der Waals surface area contributed by atoms with Crippen LogP contribution in [0.1, 0.15) is 56.7 Å². The van der Waals surface area contributed by atoms with Crippen LogP contribution < -0.4 is 10.6 Å². The molecule has 1 fully saturated rings. The van der Waals surface area contributed by atoms with E-state index in [1.165, 1.54) is 18.4 Å². The Hall–Kier alpha value is -1.88. The van der Waals surface area contributed by atoms with Gasteiger partial charge in [0.2, 0.25) is 11.8 Å². The summed E-state index contributed by atoms with van der Waals surface area (Å²) in [7, 11) is 1.83. The van der Waals surface area contributed by atoms with Crippen LogP contribution in [0.2, 0.25) is 0 Å². The molecule has 0 aliphatic heterocycles. The number of hydrogen-bond donors (Lipinski definition) is 2. The summed E-state index contributed by atoms with van der Waals surface area (Å²) in [4.78, 5) is 27.1. The average molecular weight is 388 g/mol. The van der Waals surface area contributed by atoms with E-state index in [0.29, 0.717) is 11.8 Å². The fourth-order valence-electron chi connectivity index (χ4n) is 4.21. The molecule has 2 rings (SSSR count). The van der Waals surface area contributed by atoms with Crippen LogP contribution in [0.25, 0.3) is 0 Å². The number of carbonyl (C=O) groups excluding carboxylic acids is 2. The number of carbonyl (C=O) groups is 2. The molecule has 2 amide bonds. The molecule has 156 valence electrons. The molecular weight excluding hydrogens is 350 g/mol. The van der Waals surface area contributed by atoms with Crippen molar-refractivity contribution in [2.45, 2.75) is 72.9 Å². The van der Waals surface area contributed by atoms with Crippen molar-refractivity contribution in [3.63, 3.8) is 0 Å². The van der Waals surface area contributed by atoms with Crippen LogP contribution in [0.15, 0.2) is 12.1 Å². The lowest BCUT2D eigenvalue weighted by Gasteiger charge is -2.36. The maximum absolute atomic E-state index is 12.7. The second kappa shape index (κ2) is 9.55. The zero-order valence-electron chi connectivity index (χ0n) is 18.6. The Balaban J connectivity index is 1.91. The fraction of sp³-hybridized carbons (Fsp3) is 0.652. The molecule has 5 nitrogen and oxygen atoms in total. The second-order valence-corrected chi connectivity index (χ2v) is 8.80. The van der Waals surface area contributed by atoms with Gasteiger partial charge in [-0.05, 0) is 64.1 Å². The van der Waals surface area contributed by atoms with Crippen LogP contribution in [0.4, 0.5) is 5.69 Å². The minimum absolute atomic E-state index is 0.00365. The standard InChI is InChI=1S/C23H37N3O2/c1-14-11-16(3)22(17(4)12-14)25-21(27)13-26(7)19(6)23(28)24-20-10-8-9-15(2)18(20)5/h11-12,15,18-20H,8-10,13H2,1-7H3,(H,24,28)(H,25,27)/t15-,18-,19+,20+/m0/s1. The quantitative estimate of drug-likeness (QED) is 0.780. The van der Waals surface area contributed by atoms with Crippen molar-refractivity contribution >= 4 is 17.5 Å². The minimum Gasteiger partial charge on any atom is -0.352 e. The van der Waals surface area contributed by atoms with E-state index in [1.807, 2.05) is 34.7 Å². The predicted molar refractivity (Wildman–Crippen MR) is 115 cm³/mol. The van der Waals surface area contributed by atoms with Crippen LogP contribution in [-0.4, -0.2) is 42.4 Å². The van der Waals surface area contributed by atoms with E-state index >= 15 is 0 Å². The molecule has 0 radical (unpaired) electrons. The molecule has 1 aromatic carbocycles. The van der Waals surface area contributed by atoms with Crippen molar-refractivity contribution in [3.05, 3.63) is 28.8 Å². The Kier molecular flexibility index (Phi) is 7.64. The Morgan fingerprint density at radius 3 is 2.36 bits per heavy atom. The number of anilines is 1. The lowest BCUT2D eigenvalue weighted by atomic mass is 9.78. The van der Waals surface area contributed by atoms with Crippen LogP contribution >= 0.6 is 0 Å². The van der Waals surface area contributed by atoms with Crippen LogP contribution in [-0.2, 0) is 9.59 Å². The fourth-order valence-corrected chi connectivity index (χ4v) is 4.21. The second-order valence-electron chi connectivity index (χ2n) is 8.80. The Morgan fingerprint density at radius 1 is 1.14 bits per heavy atom. The highest BCUT2D eigenvalue weighted by Crippen LogP contribution is 2.29. The molecule has 0 unspecified atom stereocenters. The first-order valence-corrected chi connectivity index (χ1v) is 10.5. The molecule has 4 atom stereocenters. The first-order valence-electron chi connectivity index (χ1n) is 10.5. The van der Waals surface area contributed by atoms with Gasteiger partial charge in [0.15, 0.2) is 0 Å². The number of hydrogen-bond acceptors (Lipinski definition) is 3. The molecule has 0 bridgehead atoms. The maximum atomic E-state index is 12.7. The summed E-state index contributed by atoms with van der Waals surface area (Å²) < 4.78 is 0. The van der Waals surface area contributed by atoms with E-state index in [-0.39, 0.29) is 30.4 Å². The van der Waals surface area contributed by atoms with E-state index in [2.05, 4.69) is 36.6 Å². The van der Waals surface area contributed by atoms with Crippen molar-refractivity contribution in [1.82, 2.24) is 10.2 Å². The molecule has 0 saturated heterocycles. The van der Waals surface area contributed by atoms with Crippen LogP contribution in [0.3, 0.4) is 0 Å². The molecule has 1 saturated carbocycles. The van der Waals surface area contributed by atoms with Gasteiger partial charge in [-0.2, -0.15) is 0 Å². The van der Waals surface area contributed by atoms with Crippen LogP contribution in [0.5, 0.6) is 0 Å². The third kappa shape index (κ3) is 5.57. The first kappa shape index (κ1) is 22.4. The van der Waals surface area contributed by atoms with Gasteiger partial charge >= 0.3 is 0 Å². The lowest BCUT2D eigenvalue weighted by molar-refractivity contribution is -0.127. The molecule has 0 spiro atoms. The Bertz CT molecular complexity index is 693. The molecule has 1 aliphatic carbocycles.